The van der Waals surface area contributed by atoms with Crippen molar-refractivity contribution in [2.24, 2.45) is 0 Å². The fourth-order valence-electron chi connectivity index (χ4n) is 4.72. The number of nitrogens with zero attached hydrogens (tertiary/aromatic N) is 2. The topological polar surface area (TPSA) is 44.8 Å². The number of amides is 1. The van der Waals surface area contributed by atoms with Crippen LogP contribution in [-0.2, 0) is 11.3 Å². The Morgan fingerprint density at radius 1 is 1.06 bits per heavy atom. The number of likely N-dealkylation sites (N-methyl/N-ethyl adjacent to an activating group) is 1. The van der Waals surface area contributed by atoms with Crippen LogP contribution < -0.4 is 15.0 Å². The number of hydrogen-bond acceptors (Lipinski definition) is 4. The molecule has 1 saturated heterocycles. The minimum absolute atomic E-state index is 0.179. The quantitative estimate of drug-likeness (QED) is 0.578. The Balaban J connectivity index is 2.02. The summed E-state index contributed by atoms with van der Waals surface area (Å²) in [6.45, 7) is 9.32. The zero-order valence-corrected chi connectivity index (χ0v) is 20.4. The number of ether oxygens (including phenoxy) is 1. The highest BCUT2D eigenvalue weighted by Gasteiger charge is 2.45. The SMILES string of the molecule is CCCCOc1cc(C)c(N(Cc2ccccc2)C(=O)C2(N(C)C)CCNCC2)c(C)c1. The van der Waals surface area contributed by atoms with Crippen LogP contribution in [0, 0.1) is 13.8 Å². The van der Waals surface area contributed by atoms with Gasteiger partial charge in [0.25, 0.3) is 0 Å². The van der Waals surface area contributed by atoms with Crippen molar-refractivity contribution in [3.63, 3.8) is 0 Å². The predicted octanol–water partition coefficient (Wildman–Crippen LogP) is 4.70. The lowest BCUT2D eigenvalue weighted by molar-refractivity contribution is -0.131. The van der Waals surface area contributed by atoms with E-state index in [9.17, 15) is 4.79 Å². The maximum absolute atomic E-state index is 14.3. The van der Waals surface area contributed by atoms with Crippen LogP contribution in [0.15, 0.2) is 42.5 Å². The number of carbonyl (C=O) groups is 1. The van der Waals surface area contributed by atoms with Gasteiger partial charge in [0, 0.05) is 0 Å². The normalized spacial score (nSPS) is 15.6. The van der Waals surface area contributed by atoms with Crippen molar-refractivity contribution < 1.29 is 9.53 Å². The first-order valence-electron chi connectivity index (χ1n) is 11.9. The van der Waals surface area contributed by atoms with E-state index in [2.05, 4.69) is 55.3 Å². The minimum atomic E-state index is -0.505. The minimum Gasteiger partial charge on any atom is -0.494 e. The van der Waals surface area contributed by atoms with Crippen LogP contribution in [0.5, 0.6) is 5.75 Å². The number of unbranched alkanes of at least 4 members (excludes halogenated alkanes) is 1. The number of benzene rings is 2. The molecule has 0 radical (unpaired) electrons. The summed E-state index contributed by atoms with van der Waals surface area (Å²) in [7, 11) is 4.07. The summed E-state index contributed by atoms with van der Waals surface area (Å²) in [5, 5.41) is 3.42. The molecule has 0 spiro atoms. The Morgan fingerprint density at radius 2 is 1.69 bits per heavy atom. The summed E-state index contributed by atoms with van der Waals surface area (Å²) in [4.78, 5) is 18.4. The first kappa shape index (κ1) is 24.3. The molecule has 0 aromatic heterocycles. The third-order valence-electron chi connectivity index (χ3n) is 6.61. The number of rotatable bonds is 9. The molecule has 5 heteroatoms. The van der Waals surface area contributed by atoms with Crippen LogP contribution >= 0.6 is 0 Å². The Morgan fingerprint density at radius 3 is 2.25 bits per heavy atom. The second kappa shape index (κ2) is 11.0. The van der Waals surface area contributed by atoms with E-state index in [1.54, 1.807) is 0 Å². The van der Waals surface area contributed by atoms with Gasteiger partial charge in [-0.1, -0.05) is 43.7 Å². The van der Waals surface area contributed by atoms with E-state index >= 15 is 0 Å². The average molecular weight is 438 g/mol. The molecule has 0 unspecified atom stereocenters. The standard InChI is InChI=1S/C27H39N3O2/c1-6-7-17-32-24-18-21(2)25(22(3)19-24)30(20-23-11-9-8-10-12-23)26(31)27(29(4)5)13-15-28-16-14-27/h8-12,18-19,28H,6-7,13-17,20H2,1-5H3. The van der Waals surface area contributed by atoms with Crippen molar-refractivity contribution in [1.29, 1.82) is 0 Å². The molecule has 1 aliphatic rings. The Kier molecular flexibility index (Phi) is 8.32. The highest BCUT2D eigenvalue weighted by Crippen LogP contribution is 2.35. The second-order valence-corrected chi connectivity index (χ2v) is 9.16. The number of nitrogens with one attached hydrogen (secondary N) is 1. The first-order valence-corrected chi connectivity index (χ1v) is 11.9. The van der Waals surface area contributed by atoms with Gasteiger partial charge in [0.1, 0.15) is 11.3 Å². The van der Waals surface area contributed by atoms with E-state index in [1.165, 1.54) is 0 Å². The van der Waals surface area contributed by atoms with Gasteiger partial charge in [0.05, 0.1) is 18.8 Å². The van der Waals surface area contributed by atoms with Gasteiger partial charge in [-0.05, 0) is 89.1 Å². The fourth-order valence-corrected chi connectivity index (χ4v) is 4.72. The number of anilines is 1. The van der Waals surface area contributed by atoms with E-state index in [0.717, 1.165) is 73.5 Å². The summed E-state index contributed by atoms with van der Waals surface area (Å²) < 4.78 is 5.98. The van der Waals surface area contributed by atoms with Crippen LogP contribution in [0.2, 0.25) is 0 Å². The van der Waals surface area contributed by atoms with Crippen molar-refractivity contribution in [2.45, 2.75) is 58.5 Å². The Bertz CT molecular complexity index is 866. The van der Waals surface area contributed by atoms with Crippen LogP contribution in [0.4, 0.5) is 5.69 Å². The first-order chi connectivity index (χ1) is 15.4. The molecule has 1 heterocycles. The molecule has 0 saturated carbocycles. The van der Waals surface area contributed by atoms with Crippen molar-refractivity contribution in [1.82, 2.24) is 10.2 Å². The average Bonchev–Trinajstić information content (AvgIpc) is 2.78. The summed E-state index contributed by atoms with van der Waals surface area (Å²) in [5.74, 6) is 1.06. The van der Waals surface area contributed by atoms with E-state index in [4.69, 9.17) is 4.74 Å². The van der Waals surface area contributed by atoms with E-state index in [1.807, 2.05) is 37.2 Å². The molecular formula is C27H39N3O2. The van der Waals surface area contributed by atoms with Gasteiger partial charge < -0.3 is 15.0 Å². The number of piperidine rings is 1. The van der Waals surface area contributed by atoms with Crippen molar-refractivity contribution in [3.05, 3.63) is 59.2 Å². The third-order valence-corrected chi connectivity index (χ3v) is 6.61. The van der Waals surface area contributed by atoms with Crippen LogP contribution in [-0.4, -0.2) is 50.1 Å². The lowest BCUT2D eigenvalue weighted by Crippen LogP contribution is -2.61. The lowest BCUT2D eigenvalue weighted by atomic mass is 9.84. The van der Waals surface area contributed by atoms with Crippen LogP contribution in [0.3, 0.4) is 0 Å². The van der Waals surface area contributed by atoms with Gasteiger partial charge in [0.2, 0.25) is 5.91 Å². The Labute approximate surface area is 193 Å². The molecule has 2 aromatic carbocycles. The highest BCUT2D eigenvalue weighted by atomic mass is 16.5. The Hall–Kier alpha value is -2.37. The molecule has 0 atom stereocenters. The molecule has 1 aliphatic heterocycles. The lowest BCUT2D eigenvalue weighted by Gasteiger charge is -2.45. The van der Waals surface area contributed by atoms with Gasteiger partial charge in [0.15, 0.2) is 0 Å². The smallest absolute Gasteiger partial charge is 0.247 e. The molecule has 32 heavy (non-hydrogen) atoms. The van der Waals surface area contributed by atoms with Gasteiger partial charge in [-0.2, -0.15) is 0 Å². The molecular weight excluding hydrogens is 398 g/mol. The summed E-state index contributed by atoms with van der Waals surface area (Å²) in [5.41, 5.74) is 3.77. The molecule has 1 fully saturated rings. The van der Waals surface area contributed by atoms with Crippen molar-refractivity contribution in [3.8, 4) is 5.75 Å². The molecule has 0 aliphatic carbocycles. The molecule has 1 N–H and O–H groups in total. The molecule has 3 rings (SSSR count). The van der Waals surface area contributed by atoms with Gasteiger partial charge >= 0.3 is 0 Å². The van der Waals surface area contributed by atoms with Crippen molar-refractivity contribution in [2.75, 3.05) is 38.7 Å². The fraction of sp³-hybridized carbons (Fsp3) is 0.519. The van der Waals surface area contributed by atoms with Crippen LogP contribution in [0.25, 0.3) is 0 Å². The largest absolute Gasteiger partial charge is 0.494 e. The summed E-state index contributed by atoms with van der Waals surface area (Å²) >= 11 is 0. The molecule has 2 aromatic rings. The molecule has 174 valence electrons. The summed E-state index contributed by atoms with van der Waals surface area (Å²) in [6.07, 6.45) is 3.76. The van der Waals surface area contributed by atoms with E-state index < -0.39 is 5.54 Å². The number of hydrogen-bond donors (Lipinski definition) is 1. The monoisotopic (exact) mass is 437 g/mol. The molecule has 0 bridgehead atoms. The summed E-state index contributed by atoms with van der Waals surface area (Å²) in [6, 6.07) is 14.4. The zero-order chi connectivity index (χ0) is 23.1. The molecule has 1 amide bonds. The highest BCUT2D eigenvalue weighted by molar-refractivity contribution is 6.01. The maximum atomic E-state index is 14.3. The van der Waals surface area contributed by atoms with Crippen LogP contribution in [0.1, 0.15) is 49.3 Å². The number of carbonyl (C=O) groups excluding carboxylic acids is 1. The predicted molar refractivity (Wildman–Crippen MR) is 132 cm³/mol. The van der Waals surface area contributed by atoms with Crippen molar-refractivity contribution >= 4 is 11.6 Å². The maximum Gasteiger partial charge on any atom is 0.247 e. The number of aryl methyl sites for hydroxylation is 2. The van der Waals surface area contributed by atoms with Gasteiger partial charge in [-0.3, -0.25) is 9.69 Å². The second-order valence-electron chi connectivity index (χ2n) is 9.16. The van der Waals surface area contributed by atoms with E-state index in [0.29, 0.717) is 6.54 Å². The van der Waals surface area contributed by atoms with Gasteiger partial charge in [-0.15, -0.1) is 0 Å². The third kappa shape index (κ3) is 5.33. The zero-order valence-electron chi connectivity index (χ0n) is 20.4. The van der Waals surface area contributed by atoms with E-state index in [-0.39, 0.29) is 5.91 Å². The van der Waals surface area contributed by atoms with Gasteiger partial charge in [-0.25, -0.2) is 0 Å². The molecule has 5 nitrogen and oxygen atoms in total.